The van der Waals surface area contributed by atoms with Crippen molar-refractivity contribution in [3.63, 3.8) is 0 Å². The van der Waals surface area contributed by atoms with Gasteiger partial charge in [-0.05, 0) is 67.4 Å². The summed E-state index contributed by atoms with van der Waals surface area (Å²) < 4.78 is 13.8. The van der Waals surface area contributed by atoms with E-state index in [9.17, 15) is 4.39 Å². The fourth-order valence-electron chi connectivity index (χ4n) is 2.27. The lowest BCUT2D eigenvalue weighted by Crippen LogP contribution is -2.19. The second kappa shape index (κ2) is 6.57. The number of hydrogen-bond donors (Lipinski definition) is 1. The summed E-state index contributed by atoms with van der Waals surface area (Å²) in [5, 5.41) is 4.43. The maximum atomic E-state index is 13.8. The topological polar surface area (TPSA) is 12.0 Å². The van der Waals surface area contributed by atoms with Crippen molar-refractivity contribution in [3.05, 3.63) is 69.0 Å². The molecule has 1 N–H and O–H groups in total. The molecule has 0 fully saturated rings. The first-order valence-corrected chi connectivity index (χ1v) is 7.13. The van der Waals surface area contributed by atoms with Crippen molar-refractivity contribution >= 4 is 23.2 Å². The quantitative estimate of drug-likeness (QED) is 0.843. The van der Waals surface area contributed by atoms with Gasteiger partial charge in [0.2, 0.25) is 0 Å². The van der Waals surface area contributed by atoms with Crippen LogP contribution < -0.4 is 5.32 Å². The molecule has 2 rings (SSSR count). The van der Waals surface area contributed by atoms with Crippen molar-refractivity contribution in [2.24, 2.45) is 0 Å². The lowest BCUT2D eigenvalue weighted by Gasteiger charge is -2.18. The highest BCUT2D eigenvalue weighted by molar-refractivity contribution is 6.31. The Morgan fingerprint density at radius 3 is 2.50 bits per heavy atom. The van der Waals surface area contributed by atoms with Crippen LogP contribution in [0.1, 0.15) is 22.7 Å². The van der Waals surface area contributed by atoms with Crippen LogP contribution in [-0.4, -0.2) is 7.05 Å². The van der Waals surface area contributed by atoms with Crippen molar-refractivity contribution in [2.75, 3.05) is 7.05 Å². The zero-order chi connectivity index (χ0) is 14.7. The molecule has 0 amide bonds. The van der Waals surface area contributed by atoms with E-state index in [0.29, 0.717) is 22.0 Å². The third-order valence-corrected chi connectivity index (χ3v) is 3.70. The molecule has 1 atom stereocenters. The molecular formula is C16H16Cl2FN. The van der Waals surface area contributed by atoms with Crippen molar-refractivity contribution in [2.45, 2.75) is 19.4 Å². The highest BCUT2D eigenvalue weighted by Gasteiger charge is 2.14. The largest absolute Gasteiger partial charge is 0.313 e. The first-order valence-electron chi connectivity index (χ1n) is 6.38. The highest BCUT2D eigenvalue weighted by atomic mass is 35.5. The van der Waals surface area contributed by atoms with E-state index >= 15 is 0 Å². The molecule has 20 heavy (non-hydrogen) atoms. The lowest BCUT2D eigenvalue weighted by molar-refractivity contribution is 0.554. The molecule has 0 aliphatic rings. The molecule has 0 aromatic heterocycles. The van der Waals surface area contributed by atoms with E-state index in [1.54, 1.807) is 12.1 Å². The summed E-state index contributed by atoms with van der Waals surface area (Å²) in [5.74, 6) is -0.242. The van der Waals surface area contributed by atoms with Crippen LogP contribution in [0, 0.1) is 12.7 Å². The molecule has 0 saturated heterocycles. The van der Waals surface area contributed by atoms with Crippen LogP contribution in [0.4, 0.5) is 4.39 Å². The van der Waals surface area contributed by atoms with E-state index in [-0.39, 0.29) is 11.9 Å². The van der Waals surface area contributed by atoms with Gasteiger partial charge >= 0.3 is 0 Å². The maximum absolute atomic E-state index is 13.8. The van der Waals surface area contributed by atoms with E-state index in [2.05, 4.69) is 11.4 Å². The predicted molar refractivity (Wildman–Crippen MR) is 83.1 cm³/mol. The molecule has 0 aliphatic carbocycles. The van der Waals surface area contributed by atoms with Crippen LogP contribution in [0.3, 0.4) is 0 Å². The molecule has 0 aliphatic heterocycles. The van der Waals surface area contributed by atoms with E-state index in [1.165, 1.54) is 6.07 Å². The number of nitrogens with one attached hydrogen (secondary N) is 1. The van der Waals surface area contributed by atoms with Crippen LogP contribution in [-0.2, 0) is 6.42 Å². The molecule has 1 unspecified atom stereocenters. The van der Waals surface area contributed by atoms with Gasteiger partial charge in [-0.3, -0.25) is 0 Å². The molecule has 0 heterocycles. The third kappa shape index (κ3) is 3.72. The summed E-state index contributed by atoms with van der Waals surface area (Å²) in [7, 11) is 1.85. The average molecular weight is 312 g/mol. The van der Waals surface area contributed by atoms with Gasteiger partial charge in [-0.25, -0.2) is 4.39 Å². The Hall–Kier alpha value is -1.09. The minimum absolute atomic E-state index is 0.0135. The zero-order valence-electron chi connectivity index (χ0n) is 11.4. The zero-order valence-corrected chi connectivity index (χ0v) is 12.9. The van der Waals surface area contributed by atoms with E-state index in [0.717, 1.165) is 11.1 Å². The fraction of sp³-hybridized carbons (Fsp3) is 0.250. The average Bonchev–Trinajstić information content (AvgIpc) is 2.38. The number of likely N-dealkylation sites (N-methyl/N-ethyl adjacent to an activating group) is 1. The Labute approximate surface area is 128 Å². The molecule has 1 nitrogen and oxygen atoms in total. The lowest BCUT2D eigenvalue weighted by atomic mass is 9.97. The first-order chi connectivity index (χ1) is 9.49. The molecule has 106 valence electrons. The number of benzene rings is 2. The van der Waals surface area contributed by atoms with E-state index < -0.39 is 0 Å². The Morgan fingerprint density at radius 1 is 1.10 bits per heavy atom. The number of rotatable bonds is 4. The van der Waals surface area contributed by atoms with Crippen molar-refractivity contribution < 1.29 is 4.39 Å². The van der Waals surface area contributed by atoms with Gasteiger partial charge < -0.3 is 5.32 Å². The molecule has 0 saturated carbocycles. The van der Waals surface area contributed by atoms with Gasteiger partial charge in [-0.15, -0.1) is 0 Å². The van der Waals surface area contributed by atoms with Gasteiger partial charge in [-0.1, -0.05) is 29.3 Å². The van der Waals surface area contributed by atoms with Gasteiger partial charge in [0.05, 0.1) is 0 Å². The fourth-order valence-corrected chi connectivity index (χ4v) is 2.76. The predicted octanol–water partition coefficient (Wildman–Crippen LogP) is 4.94. The van der Waals surface area contributed by atoms with Crippen molar-refractivity contribution in [1.82, 2.24) is 5.32 Å². The monoisotopic (exact) mass is 311 g/mol. The van der Waals surface area contributed by atoms with Gasteiger partial charge in [0, 0.05) is 16.1 Å². The molecular weight excluding hydrogens is 296 g/mol. The van der Waals surface area contributed by atoms with Gasteiger partial charge in [0.15, 0.2) is 0 Å². The summed E-state index contributed by atoms with van der Waals surface area (Å²) in [6.45, 7) is 1.99. The number of hydrogen-bond acceptors (Lipinski definition) is 1. The van der Waals surface area contributed by atoms with Gasteiger partial charge in [-0.2, -0.15) is 0 Å². The second-order valence-corrected chi connectivity index (χ2v) is 5.72. The Bertz CT molecular complexity index is 593. The van der Waals surface area contributed by atoms with Crippen molar-refractivity contribution in [3.8, 4) is 0 Å². The van der Waals surface area contributed by atoms with Gasteiger partial charge in [0.25, 0.3) is 0 Å². The number of aryl methyl sites for hydroxylation is 1. The van der Waals surface area contributed by atoms with Crippen LogP contribution in [0.25, 0.3) is 0 Å². The Kier molecular flexibility index (Phi) is 5.03. The maximum Gasteiger partial charge on any atom is 0.126 e. The Balaban J connectivity index is 2.30. The smallest absolute Gasteiger partial charge is 0.126 e. The third-order valence-electron chi connectivity index (χ3n) is 3.25. The molecule has 0 spiro atoms. The standard InChI is InChI=1S/C16H16Cl2FN/c1-10-5-12(8-14(18)6-10)16(20-2)9-11-7-13(17)3-4-15(11)19/h3-8,16,20H,9H2,1-2H3. The summed E-state index contributed by atoms with van der Waals surface area (Å²) >= 11 is 12.0. The van der Waals surface area contributed by atoms with Gasteiger partial charge in [0.1, 0.15) is 5.82 Å². The summed E-state index contributed by atoms with van der Waals surface area (Å²) in [6, 6.07) is 10.5. The van der Waals surface area contributed by atoms with Crippen LogP contribution in [0.2, 0.25) is 10.0 Å². The van der Waals surface area contributed by atoms with Crippen LogP contribution in [0.15, 0.2) is 36.4 Å². The van der Waals surface area contributed by atoms with Crippen LogP contribution in [0.5, 0.6) is 0 Å². The normalized spacial score (nSPS) is 12.4. The molecule has 0 bridgehead atoms. The minimum Gasteiger partial charge on any atom is -0.313 e. The minimum atomic E-state index is -0.242. The second-order valence-electron chi connectivity index (χ2n) is 4.84. The first kappa shape index (κ1) is 15.3. The molecule has 0 radical (unpaired) electrons. The summed E-state index contributed by atoms with van der Waals surface area (Å²) in [5.41, 5.74) is 2.71. The molecule has 4 heteroatoms. The highest BCUT2D eigenvalue weighted by Crippen LogP contribution is 2.25. The Morgan fingerprint density at radius 2 is 1.85 bits per heavy atom. The molecule has 2 aromatic rings. The summed E-state index contributed by atoms with van der Waals surface area (Å²) in [6.07, 6.45) is 0.517. The molecule has 2 aromatic carbocycles. The van der Waals surface area contributed by atoms with E-state index in [4.69, 9.17) is 23.2 Å². The van der Waals surface area contributed by atoms with Crippen molar-refractivity contribution in [1.29, 1.82) is 0 Å². The van der Waals surface area contributed by atoms with E-state index in [1.807, 2.05) is 26.1 Å². The van der Waals surface area contributed by atoms with Crippen LogP contribution >= 0.6 is 23.2 Å². The SMILES string of the molecule is CNC(Cc1cc(Cl)ccc1F)c1cc(C)cc(Cl)c1. The number of halogens is 3. The summed E-state index contributed by atoms with van der Waals surface area (Å²) in [4.78, 5) is 0.